The molecule has 1 fully saturated rings. The molecule has 4 rings (SSSR count). The number of aliphatic hydroxyl groups excluding tert-OH is 1. The van der Waals surface area contributed by atoms with E-state index < -0.39 is 0 Å². The molecule has 2 aromatic heterocycles. The van der Waals surface area contributed by atoms with Gasteiger partial charge in [0.15, 0.2) is 0 Å². The van der Waals surface area contributed by atoms with Gasteiger partial charge in [-0.3, -0.25) is 0 Å². The molecule has 0 saturated carbocycles. The van der Waals surface area contributed by atoms with Gasteiger partial charge in [0, 0.05) is 32.7 Å². The Morgan fingerprint density at radius 3 is 2.81 bits per heavy atom. The van der Waals surface area contributed by atoms with Gasteiger partial charge >= 0.3 is 0 Å². The largest absolute Gasteiger partial charge is 0.393 e. The van der Waals surface area contributed by atoms with E-state index >= 15 is 0 Å². The Bertz CT molecular complexity index is 914. The Morgan fingerprint density at radius 1 is 1.19 bits per heavy atom. The van der Waals surface area contributed by atoms with E-state index in [0.29, 0.717) is 6.54 Å². The van der Waals surface area contributed by atoms with Crippen LogP contribution in [0.4, 0.5) is 11.6 Å². The average molecular weight is 352 g/mol. The van der Waals surface area contributed by atoms with Gasteiger partial charge in [0.2, 0.25) is 0 Å². The molecule has 7 heteroatoms. The highest BCUT2D eigenvalue weighted by Crippen LogP contribution is 2.21. The first-order chi connectivity index (χ1) is 12.6. The zero-order valence-corrected chi connectivity index (χ0v) is 15.2. The minimum absolute atomic E-state index is 0.184. The molecule has 1 aliphatic rings. The van der Waals surface area contributed by atoms with Gasteiger partial charge in [0.1, 0.15) is 23.8 Å². The van der Waals surface area contributed by atoms with Crippen LogP contribution in [0.2, 0.25) is 0 Å². The van der Waals surface area contributed by atoms with Gasteiger partial charge in [-0.05, 0) is 37.5 Å². The molecule has 0 radical (unpaired) electrons. The highest BCUT2D eigenvalue weighted by atomic mass is 16.3. The third kappa shape index (κ3) is 3.35. The fourth-order valence-corrected chi connectivity index (χ4v) is 3.38. The number of aliphatic hydroxyl groups is 1. The summed E-state index contributed by atoms with van der Waals surface area (Å²) in [5.74, 6) is 2.72. The van der Waals surface area contributed by atoms with Crippen molar-refractivity contribution in [2.75, 3.05) is 23.3 Å². The molecule has 1 aliphatic heterocycles. The molecule has 1 saturated heterocycles. The number of nitrogens with one attached hydrogen (secondary N) is 1. The van der Waals surface area contributed by atoms with E-state index in [4.69, 9.17) is 0 Å². The van der Waals surface area contributed by atoms with Gasteiger partial charge < -0.3 is 19.9 Å². The van der Waals surface area contributed by atoms with E-state index in [2.05, 4.69) is 47.9 Å². The summed E-state index contributed by atoms with van der Waals surface area (Å²) in [5.41, 5.74) is 3.32. The van der Waals surface area contributed by atoms with E-state index in [1.54, 1.807) is 6.33 Å². The summed E-state index contributed by atoms with van der Waals surface area (Å²) < 4.78 is 2.10. The first kappa shape index (κ1) is 16.8. The number of rotatable bonds is 4. The summed E-state index contributed by atoms with van der Waals surface area (Å²) in [6.07, 6.45) is 2.98. The highest BCUT2D eigenvalue weighted by molar-refractivity contribution is 5.76. The first-order valence-electron chi connectivity index (χ1n) is 9.01. The molecule has 0 unspecified atom stereocenters. The molecule has 2 N–H and O–H groups in total. The van der Waals surface area contributed by atoms with Crippen LogP contribution in [-0.4, -0.2) is 43.8 Å². The summed E-state index contributed by atoms with van der Waals surface area (Å²) in [6, 6.07) is 8.31. The Hall–Kier alpha value is -2.67. The van der Waals surface area contributed by atoms with Crippen LogP contribution in [0.15, 0.2) is 30.6 Å². The SMILES string of the molecule is Cc1nc2cc(CNc3cc(N4CCC(O)CC4)ncn3)ccc2n1C. The van der Waals surface area contributed by atoms with Crippen molar-refractivity contribution in [1.29, 1.82) is 0 Å². The average Bonchev–Trinajstić information content (AvgIpc) is 2.94. The van der Waals surface area contributed by atoms with Gasteiger partial charge in [-0.15, -0.1) is 0 Å². The third-order valence-electron chi connectivity index (χ3n) is 5.08. The standard InChI is InChI=1S/C19H24N6O/c1-13-23-16-9-14(3-4-17(16)24(13)2)11-20-18-10-19(22-12-21-18)25-7-5-15(26)6-8-25/h3-4,9-10,12,15,26H,5-8,11H2,1-2H3,(H,20,21,22). The van der Waals surface area contributed by atoms with E-state index in [9.17, 15) is 5.11 Å². The molecule has 136 valence electrons. The maximum absolute atomic E-state index is 9.65. The van der Waals surface area contributed by atoms with Gasteiger partial charge in [-0.2, -0.15) is 0 Å². The number of piperidine rings is 1. The number of benzene rings is 1. The van der Waals surface area contributed by atoms with E-state index in [0.717, 1.165) is 60.0 Å². The highest BCUT2D eigenvalue weighted by Gasteiger charge is 2.18. The molecule has 0 amide bonds. The van der Waals surface area contributed by atoms with Crippen LogP contribution in [0, 0.1) is 6.92 Å². The maximum atomic E-state index is 9.65. The lowest BCUT2D eigenvalue weighted by Gasteiger charge is -2.30. The molecular weight excluding hydrogens is 328 g/mol. The van der Waals surface area contributed by atoms with Crippen LogP contribution >= 0.6 is 0 Å². The minimum Gasteiger partial charge on any atom is -0.393 e. The van der Waals surface area contributed by atoms with Gasteiger partial charge in [-0.25, -0.2) is 15.0 Å². The number of hydrogen-bond acceptors (Lipinski definition) is 6. The van der Waals surface area contributed by atoms with Crippen LogP contribution in [0.25, 0.3) is 11.0 Å². The number of aromatic nitrogens is 4. The summed E-state index contributed by atoms with van der Waals surface area (Å²) in [7, 11) is 2.03. The normalized spacial score (nSPS) is 15.6. The number of fused-ring (bicyclic) bond motifs is 1. The van der Waals surface area contributed by atoms with Crippen LogP contribution in [0.1, 0.15) is 24.2 Å². The number of hydrogen-bond donors (Lipinski definition) is 2. The summed E-state index contributed by atoms with van der Waals surface area (Å²) >= 11 is 0. The number of nitrogens with zero attached hydrogens (tertiary/aromatic N) is 5. The second-order valence-corrected chi connectivity index (χ2v) is 6.87. The second kappa shape index (κ2) is 6.92. The molecule has 7 nitrogen and oxygen atoms in total. The number of imidazole rings is 1. The fraction of sp³-hybridized carbons (Fsp3) is 0.421. The molecule has 0 atom stereocenters. The van der Waals surface area contributed by atoms with Gasteiger partial charge in [-0.1, -0.05) is 6.07 Å². The van der Waals surface area contributed by atoms with Crippen LogP contribution in [-0.2, 0) is 13.6 Å². The van der Waals surface area contributed by atoms with Crippen molar-refractivity contribution in [3.8, 4) is 0 Å². The Morgan fingerprint density at radius 2 is 2.00 bits per heavy atom. The van der Waals surface area contributed by atoms with E-state index in [-0.39, 0.29) is 6.10 Å². The lowest BCUT2D eigenvalue weighted by molar-refractivity contribution is 0.145. The van der Waals surface area contributed by atoms with Crippen LogP contribution in [0.5, 0.6) is 0 Å². The fourth-order valence-electron chi connectivity index (χ4n) is 3.38. The van der Waals surface area contributed by atoms with Crippen molar-refractivity contribution in [2.24, 2.45) is 7.05 Å². The lowest BCUT2D eigenvalue weighted by atomic mass is 10.1. The van der Waals surface area contributed by atoms with Crippen molar-refractivity contribution < 1.29 is 5.11 Å². The first-order valence-corrected chi connectivity index (χ1v) is 9.01. The molecule has 3 heterocycles. The van der Waals surface area contributed by atoms with Crippen molar-refractivity contribution in [3.05, 3.63) is 42.0 Å². The zero-order chi connectivity index (χ0) is 18.1. The maximum Gasteiger partial charge on any atom is 0.134 e. The Balaban J connectivity index is 1.45. The second-order valence-electron chi connectivity index (χ2n) is 6.87. The van der Waals surface area contributed by atoms with Gasteiger partial charge in [0.25, 0.3) is 0 Å². The summed E-state index contributed by atoms with van der Waals surface area (Å²) in [5, 5.41) is 13.0. The predicted molar refractivity (Wildman–Crippen MR) is 102 cm³/mol. The Kier molecular flexibility index (Phi) is 4.46. The van der Waals surface area contributed by atoms with Crippen LogP contribution < -0.4 is 10.2 Å². The molecule has 0 spiro atoms. The quantitative estimate of drug-likeness (QED) is 0.750. The van der Waals surface area contributed by atoms with Crippen molar-refractivity contribution in [3.63, 3.8) is 0 Å². The molecule has 0 bridgehead atoms. The molecule has 0 aliphatic carbocycles. The monoisotopic (exact) mass is 352 g/mol. The van der Waals surface area contributed by atoms with E-state index in [1.165, 1.54) is 0 Å². The summed E-state index contributed by atoms with van der Waals surface area (Å²) in [6.45, 7) is 4.35. The van der Waals surface area contributed by atoms with Crippen molar-refractivity contribution in [2.45, 2.75) is 32.4 Å². The number of anilines is 2. The Labute approximate surface area is 152 Å². The lowest BCUT2D eigenvalue weighted by Crippen LogP contribution is -2.36. The third-order valence-corrected chi connectivity index (χ3v) is 5.08. The van der Waals surface area contributed by atoms with E-state index in [1.807, 2.05) is 20.0 Å². The zero-order valence-electron chi connectivity index (χ0n) is 15.2. The van der Waals surface area contributed by atoms with Crippen molar-refractivity contribution in [1.82, 2.24) is 19.5 Å². The minimum atomic E-state index is -0.184. The molecule has 1 aromatic carbocycles. The number of aryl methyl sites for hydroxylation is 2. The smallest absolute Gasteiger partial charge is 0.134 e. The van der Waals surface area contributed by atoms with Gasteiger partial charge in [0.05, 0.1) is 17.1 Å². The predicted octanol–water partition coefficient (Wildman–Crippen LogP) is 2.24. The topological polar surface area (TPSA) is 79.1 Å². The van der Waals surface area contributed by atoms with Crippen LogP contribution in [0.3, 0.4) is 0 Å². The summed E-state index contributed by atoms with van der Waals surface area (Å²) in [4.78, 5) is 15.5. The molecular formula is C19H24N6O. The van der Waals surface area contributed by atoms with Crippen molar-refractivity contribution >= 4 is 22.7 Å². The molecule has 26 heavy (non-hydrogen) atoms. The molecule has 3 aromatic rings.